The van der Waals surface area contributed by atoms with Crippen LogP contribution in [-0.2, 0) is 9.59 Å². The first-order valence-electron chi connectivity index (χ1n) is 11.2. The van der Waals surface area contributed by atoms with Gasteiger partial charge in [-0.2, -0.15) is 13.2 Å². The predicted octanol–water partition coefficient (Wildman–Crippen LogP) is 3.34. The van der Waals surface area contributed by atoms with Crippen LogP contribution in [0.2, 0.25) is 0 Å². The summed E-state index contributed by atoms with van der Waals surface area (Å²) in [4.78, 5) is 26.1. The van der Waals surface area contributed by atoms with Crippen LogP contribution in [0.5, 0.6) is 5.75 Å². The molecule has 0 spiro atoms. The molecule has 2 rings (SSSR count). The number of nitrogens with one attached hydrogen (secondary N) is 1. The Morgan fingerprint density at radius 3 is 2.63 bits per heavy atom. The fourth-order valence-electron chi connectivity index (χ4n) is 3.76. The number of nitrogens with zero attached hydrogens (tertiary/aromatic N) is 1. The van der Waals surface area contributed by atoms with Gasteiger partial charge in [0.25, 0.3) is 0 Å². The monoisotopic (exact) mass is 610 g/mol. The summed E-state index contributed by atoms with van der Waals surface area (Å²) in [5, 5.41) is 22.5. The normalized spacial score (nSPS) is 20.1. The number of aliphatic hydroxyl groups is 2. The van der Waals surface area contributed by atoms with Crippen molar-refractivity contribution in [2.75, 3.05) is 19.7 Å². The van der Waals surface area contributed by atoms with E-state index in [-0.39, 0.29) is 31.6 Å². The summed E-state index contributed by atoms with van der Waals surface area (Å²) in [6.45, 7) is 1.65. The summed E-state index contributed by atoms with van der Waals surface area (Å²) in [7, 11) is 0. The minimum absolute atomic E-state index is 0.0556. The summed E-state index contributed by atoms with van der Waals surface area (Å²) >= 11 is 2.01. The molecule has 194 valence electrons. The number of aliphatic hydroxyl groups excluding tert-OH is 2. The zero-order valence-corrected chi connectivity index (χ0v) is 21.3. The maximum atomic E-state index is 13.5. The molecule has 0 saturated heterocycles. The third-order valence-electron chi connectivity index (χ3n) is 5.43. The van der Waals surface area contributed by atoms with Crippen LogP contribution in [0.15, 0.2) is 48.6 Å². The highest BCUT2D eigenvalue weighted by molar-refractivity contribution is 14.1. The fourth-order valence-corrected chi connectivity index (χ4v) is 4.27. The van der Waals surface area contributed by atoms with Gasteiger partial charge in [0.2, 0.25) is 11.8 Å². The Hall–Kier alpha value is -2.12. The van der Waals surface area contributed by atoms with Crippen LogP contribution in [0.1, 0.15) is 32.1 Å². The van der Waals surface area contributed by atoms with Crippen LogP contribution in [-0.4, -0.2) is 71.0 Å². The second-order valence-corrected chi connectivity index (χ2v) is 9.28. The van der Waals surface area contributed by atoms with E-state index in [9.17, 15) is 27.9 Å². The number of amides is 2. The molecule has 7 nitrogen and oxygen atoms in total. The van der Waals surface area contributed by atoms with Crippen molar-refractivity contribution in [3.63, 3.8) is 0 Å². The molecule has 1 aliphatic rings. The van der Waals surface area contributed by atoms with E-state index in [0.717, 1.165) is 0 Å². The topological polar surface area (TPSA) is 99.1 Å². The predicted molar refractivity (Wildman–Crippen MR) is 133 cm³/mol. The van der Waals surface area contributed by atoms with Crippen molar-refractivity contribution in [2.24, 2.45) is 0 Å². The lowest BCUT2D eigenvalue weighted by Gasteiger charge is -2.40. The summed E-state index contributed by atoms with van der Waals surface area (Å²) in [6, 6.07) is 5.52. The fraction of sp³-hybridized carbons (Fsp3) is 0.500. The van der Waals surface area contributed by atoms with E-state index in [2.05, 4.69) is 11.9 Å². The molecule has 11 heteroatoms. The molecule has 1 aromatic rings. The molecule has 0 aliphatic heterocycles. The van der Waals surface area contributed by atoms with Gasteiger partial charge in [-0.05, 0) is 60.1 Å². The van der Waals surface area contributed by atoms with Crippen molar-refractivity contribution >= 4 is 34.4 Å². The van der Waals surface area contributed by atoms with Crippen molar-refractivity contribution in [1.82, 2.24) is 10.2 Å². The molecule has 3 N–H and O–H groups in total. The standard InChI is InChI=1S/C24H30F3IN2O5/c1-2-3-4-5-10-21(32)30(15-24(25,26)27)18-13-16(23(34)29-11-12-31)14-20(22(18)33)35-19-9-7-6-8-17(19)28/h2,6-9,14,18,20,22,31,33H,1,3-5,10-13,15H2,(H,29,34)/t18-,20+,22+/m1/s1. The van der Waals surface area contributed by atoms with Crippen LogP contribution in [0.4, 0.5) is 13.2 Å². The smallest absolute Gasteiger partial charge is 0.406 e. The van der Waals surface area contributed by atoms with Crippen LogP contribution in [0, 0.1) is 3.57 Å². The van der Waals surface area contributed by atoms with E-state index in [1.54, 1.807) is 30.3 Å². The van der Waals surface area contributed by atoms with Crippen LogP contribution in [0.3, 0.4) is 0 Å². The first kappa shape index (κ1) is 29.1. The van der Waals surface area contributed by atoms with Gasteiger partial charge in [-0.3, -0.25) is 9.59 Å². The van der Waals surface area contributed by atoms with Gasteiger partial charge < -0.3 is 25.2 Å². The quantitative estimate of drug-likeness (QED) is 0.192. The SMILES string of the molecule is C=CCCCCC(=O)N(CC(F)(F)F)[C@@H]1CC(C(=O)NCCO)=C[C@H](Oc2ccccc2I)[C@H]1O. The highest BCUT2D eigenvalue weighted by Gasteiger charge is 2.44. The molecule has 1 aliphatic carbocycles. The largest absolute Gasteiger partial charge is 0.482 e. The maximum Gasteiger partial charge on any atom is 0.406 e. The molecular formula is C24H30F3IN2O5. The van der Waals surface area contributed by atoms with Crippen molar-refractivity contribution in [2.45, 2.75) is 56.5 Å². The number of hydrogen-bond acceptors (Lipinski definition) is 5. The number of ether oxygens (including phenoxy) is 1. The van der Waals surface area contributed by atoms with Gasteiger partial charge in [0.05, 0.1) is 16.2 Å². The molecular weight excluding hydrogens is 580 g/mol. The maximum absolute atomic E-state index is 13.5. The molecule has 0 fully saturated rings. The molecule has 0 saturated carbocycles. The van der Waals surface area contributed by atoms with Gasteiger partial charge in [0.15, 0.2) is 0 Å². The Morgan fingerprint density at radius 1 is 1.29 bits per heavy atom. The molecule has 0 bridgehead atoms. The van der Waals surface area contributed by atoms with Crippen molar-refractivity contribution in [1.29, 1.82) is 0 Å². The number of unbranched alkanes of at least 4 members (excludes halogenated alkanes) is 2. The molecule has 0 radical (unpaired) electrons. The van der Waals surface area contributed by atoms with E-state index in [0.29, 0.717) is 33.5 Å². The van der Waals surface area contributed by atoms with E-state index in [4.69, 9.17) is 9.84 Å². The Labute approximate surface area is 216 Å². The Balaban J connectivity index is 2.38. The number of rotatable bonds is 12. The molecule has 2 amide bonds. The molecule has 1 aromatic carbocycles. The highest BCUT2D eigenvalue weighted by Crippen LogP contribution is 2.31. The van der Waals surface area contributed by atoms with Gasteiger partial charge in [0.1, 0.15) is 24.5 Å². The zero-order valence-electron chi connectivity index (χ0n) is 19.1. The zero-order chi connectivity index (χ0) is 26.0. The van der Waals surface area contributed by atoms with Gasteiger partial charge in [0, 0.05) is 25.0 Å². The van der Waals surface area contributed by atoms with Crippen molar-refractivity contribution < 1.29 is 37.7 Å². The first-order valence-corrected chi connectivity index (χ1v) is 12.3. The van der Waals surface area contributed by atoms with Crippen LogP contribution in [0.25, 0.3) is 0 Å². The Kier molecular flexibility index (Phi) is 11.5. The Morgan fingerprint density at radius 2 is 2.00 bits per heavy atom. The van der Waals surface area contributed by atoms with Crippen molar-refractivity contribution in [3.05, 3.63) is 52.1 Å². The lowest BCUT2D eigenvalue weighted by Crippen LogP contribution is -2.57. The number of alkyl halides is 3. The number of hydrogen-bond donors (Lipinski definition) is 3. The summed E-state index contributed by atoms with van der Waals surface area (Å²) in [5.41, 5.74) is 0.0660. The van der Waals surface area contributed by atoms with Gasteiger partial charge in [-0.1, -0.05) is 18.2 Å². The number of para-hydroxylation sites is 1. The van der Waals surface area contributed by atoms with Gasteiger partial charge >= 0.3 is 6.18 Å². The number of allylic oxidation sites excluding steroid dienone is 1. The van der Waals surface area contributed by atoms with Crippen molar-refractivity contribution in [3.8, 4) is 5.75 Å². The number of halogens is 4. The average molecular weight is 610 g/mol. The Bertz CT molecular complexity index is 909. The van der Waals surface area contributed by atoms with E-state index < -0.39 is 42.8 Å². The summed E-state index contributed by atoms with van der Waals surface area (Å²) < 4.78 is 47.0. The van der Waals surface area contributed by atoms with E-state index >= 15 is 0 Å². The third kappa shape index (κ3) is 9.12. The van der Waals surface area contributed by atoms with Gasteiger partial charge in [-0.15, -0.1) is 6.58 Å². The van der Waals surface area contributed by atoms with Crippen LogP contribution >= 0.6 is 22.6 Å². The van der Waals surface area contributed by atoms with E-state index in [1.807, 2.05) is 22.6 Å². The average Bonchev–Trinajstić information content (AvgIpc) is 2.80. The molecule has 0 heterocycles. The molecule has 3 atom stereocenters. The minimum Gasteiger partial charge on any atom is -0.482 e. The van der Waals surface area contributed by atoms with E-state index in [1.165, 1.54) is 6.08 Å². The number of carbonyl (C=O) groups excluding carboxylic acids is 2. The van der Waals surface area contributed by atoms with Crippen LogP contribution < -0.4 is 10.1 Å². The molecule has 0 aromatic heterocycles. The second-order valence-electron chi connectivity index (χ2n) is 8.12. The second kappa shape index (κ2) is 13.8. The number of carbonyl (C=O) groups is 2. The molecule has 35 heavy (non-hydrogen) atoms. The first-order chi connectivity index (χ1) is 16.6. The number of benzene rings is 1. The highest BCUT2D eigenvalue weighted by atomic mass is 127. The minimum atomic E-state index is -4.71. The molecule has 0 unspecified atom stereocenters. The third-order valence-corrected chi connectivity index (χ3v) is 6.32. The lowest BCUT2D eigenvalue weighted by atomic mass is 9.88. The summed E-state index contributed by atoms with van der Waals surface area (Å²) in [5.74, 6) is -1.000. The summed E-state index contributed by atoms with van der Waals surface area (Å²) in [6.07, 6.45) is -3.22. The lowest BCUT2D eigenvalue weighted by molar-refractivity contribution is -0.172. The van der Waals surface area contributed by atoms with Gasteiger partial charge in [-0.25, -0.2) is 0 Å².